The lowest BCUT2D eigenvalue weighted by Crippen LogP contribution is -2.12. The van der Waals surface area contributed by atoms with Crippen LogP contribution < -0.4 is 28.4 Å². The van der Waals surface area contributed by atoms with Gasteiger partial charge >= 0.3 is 5.97 Å². The van der Waals surface area contributed by atoms with E-state index in [2.05, 4.69) is 4.98 Å². The molecule has 0 aliphatic heterocycles. The summed E-state index contributed by atoms with van der Waals surface area (Å²) in [5.41, 5.74) is 3.89. The highest BCUT2D eigenvalue weighted by Crippen LogP contribution is 2.34. The summed E-state index contributed by atoms with van der Waals surface area (Å²) in [7, 11) is 6.45. The first-order chi connectivity index (χ1) is 24.0. The summed E-state index contributed by atoms with van der Waals surface area (Å²) < 4.78 is 39.8. The molecule has 4 aromatic carbocycles. The van der Waals surface area contributed by atoms with Crippen LogP contribution in [0.3, 0.4) is 0 Å². The van der Waals surface area contributed by atoms with Crippen LogP contribution in [0.1, 0.15) is 38.8 Å². The molecule has 5 aromatic rings. The predicted octanol–water partition coefficient (Wildman–Crippen LogP) is 7.97. The summed E-state index contributed by atoms with van der Waals surface area (Å²) in [4.78, 5) is 17.2. The number of ether oxygens (including phenoxy) is 7. The molecule has 0 aliphatic carbocycles. The van der Waals surface area contributed by atoms with Crippen LogP contribution in [0.15, 0.2) is 121 Å². The number of benzene rings is 4. The molecule has 0 saturated carbocycles. The number of hydrogen-bond acceptors (Lipinski definition) is 9. The molecule has 252 valence electrons. The predicted molar refractivity (Wildman–Crippen MR) is 186 cm³/mol. The van der Waals surface area contributed by atoms with E-state index in [-0.39, 0.29) is 5.69 Å². The molecule has 49 heavy (non-hydrogen) atoms. The van der Waals surface area contributed by atoms with Gasteiger partial charge in [-0.25, -0.2) is 9.78 Å². The molecule has 1 atom stereocenters. The van der Waals surface area contributed by atoms with Gasteiger partial charge in [-0.3, -0.25) is 0 Å². The van der Waals surface area contributed by atoms with Crippen molar-refractivity contribution in [3.63, 3.8) is 0 Å². The van der Waals surface area contributed by atoms with Gasteiger partial charge in [0.05, 0.1) is 28.4 Å². The summed E-state index contributed by atoms with van der Waals surface area (Å²) >= 11 is 0. The molecule has 0 bridgehead atoms. The molecule has 1 heterocycles. The Labute approximate surface area is 286 Å². The quantitative estimate of drug-likeness (QED) is 0.0771. The highest BCUT2D eigenvalue weighted by molar-refractivity contribution is 5.87. The Morgan fingerprint density at radius 1 is 0.633 bits per heavy atom. The molecule has 0 N–H and O–H groups in total. The molecular weight excluding hydrogens is 622 g/mol. The monoisotopic (exact) mass is 661 g/mol. The summed E-state index contributed by atoms with van der Waals surface area (Å²) in [6.45, 7) is 0.726. The Morgan fingerprint density at radius 3 is 1.76 bits per heavy atom. The molecule has 0 fully saturated rings. The highest BCUT2D eigenvalue weighted by Gasteiger charge is 2.19. The van der Waals surface area contributed by atoms with Crippen LogP contribution in [0.4, 0.5) is 0 Å². The van der Waals surface area contributed by atoms with Crippen molar-refractivity contribution in [1.29, 1.82) is 0 Å². The first-order valence-electron chi connectivity index (χ1n) is 15.6. The van der Waals surface area contributed by atoms with Gasteiger partial charge in [0.1, 0.15) is 36.5 Å². The van der Waals surface area contributed by atoms with Crippen molar-refractivity contribution in [2.45, 2.75) is 25.7 Å². The fourth-order valence-corrected chi connectivity index (χ4v) is 4.91. The normalized spacial score (nSPS) is 11.4. The maximum Gasteiger partial charge on any atom is 0.357 e. The van der Waals surface area contributed by atoms with Gasteiger partial charge in [0.2, 0.25) is 0 Å². The summed E-state index contributed by atoms with van der Waals surface area (Å²) in [5, 5.41) is 0. The molecule has 5 rings (SSSR count). The second-order valence-corrected chi connectivity index (χ2v) is 10.8. The van der Waals surface area contributed by atoms with Crippen molar-refractivity contribution >= 4 is 5.97 Å². The van der Waals surface area contributed by atoms with Crippen LogP contribution in [0, 0.1) is 0 Å². The Hall–Kier alpha value is -5.96. The molecule has 0 amide bonds. The topological polar surface area (TPSA) is 94.6 Å². The van der Waals surface area contributed by atoms with Crippen LogP contribution >= 0.6 is 0 Å². The van der Waals surface area contributed by atoms with Gasteiger partial charge in [0.25, 0.3) is 0 Å². The minimum absolute atomic E-state index is 0.210. The van der Waals surface area contributed by atoms with Gasteiger partial charge in [0, 0.05) is 11.8 Å². The number of nitrogens with zero attached hydrogens (tertiary/aromatic N) is 1. The van der Waals surface area contributed by atoms with E-state index in [4.69, 9.17) is 33.2 Å². The average molecular weight is 662 g/mol. The molecule has 9 heteroatoms. The number of aromatic nitrogens is 1. The zero-order chi connectivity index (χ0) is 34.4. The molecule has 0 radical (unpaired) electrons. The van der Waals surface area contributed by atoms with Crippen molar-refractivity contribution in [2.24, 2.45) is 0 Å². The van der Waals surface area contributed by atoms with Gasteiger partial charge in [-0.05, 0) is 89.9 Å². The summed E-state index contributed by atoms with van der Waals surface area (Å²) in [6, 6.07) is 31.7. The lowest BCUT2D eigenvalue weighted by Gasteiger charge is -2.18. The number of esters is 1. The van der Waals surface area contributed by atoms with Crippen molar-refractivity contribution in [1.82, 2.24) is 4.98 Å². The molecular formula is C40H39NO8. The van der Waals surface area contributed by atoms with Crippen LogP contribution in [-0.2, 0) is 24.4 Å². The Balaban J connectivity index is 1.30. The zero-order valence-electron chi connectivity index (χ0n) is 28.0. The van der Waals surface area contributed by atoms with Crippen molar-refractivity contribution < 1.29 is 38.0 Å². The Kier molecular flexibility index (Phi) is 12.1. The number of allylic oxidation sites excluding steroid dienone is 1. The highest BCUT2D eigenvalue weighted by atomic mass is 16.5. The lowest BCUT2D eigenvalue weighted by molar-refractivity contribution is 0.0384. The van der Waals surface area contributed by atoms with E-state index in [0.29, 0.717) is 48.2 Å². The summed E-state index contributed by atoms with van der Waals surface area (Å²) in [6.07, 6.45) is 5.16. The van der Waals surface area contributed by atoms with E-state index in [0.717, 1.165) is 28.2 Å². The van der Waals surface area contributed by atoms with Crippen molar-refractivity contribution in [3.8, 4) is 34.5 Å². The van der Waals surface area contributed by atoms with Crippen molar-refractivity contribution in [2.75, 3.05) is 28.4 Å². The molecule has 1 unspecified atom stereocenters. The Morgan fingerprint density at radius 2 is 1.20 bits per heavy atom. The number of pyridine rings is 1. The first-order valence-corrected chi connectivity index (χ1v) is 15.6. The van der Waals surface area contributed by atoms with E-state index in [1.807, 2.05) is 97.1 Å². The van der Waals surface area contributed by atoms with E-state index in [1.54, 1.807) is 52.8 Å². The maximum atomic E-state index is 13.1. The van der Waals surface area contributed by atoms with Gasteiger partial charge in [-0.2, -0.15) is 0 Å². The molecule has 0 saturated heterocycles. The van der Waals surface area contributed by atoms with Crippen LogP contribution in [0.25, 0.3) is 0 Å². The number of methoxy groups -OCH3 is 4. The van der Waals surface area contributed by atoms with Crippen LogP contribution in [0.2, 0.25) is 0 Å². The molecule has 0 spiro atoms. The molecule has 1 aromatic heterocycles. The smallest absolute Gasteiger partial charge is 0.357 e. The minimum atomic E-state index is -0.729. The first kappa shape index (κ1) is 34.4. The van der Waals surface area contributed by atoms with Crippen molar-refractivity contribution in [3.05, 3.63) is 149 Å². The van der Waals surface area contributed by atoms with E-state index in [1.165, 1.54) is 0 Å². The van der Waals surface area contributed by atoms with Gasteiger partial charge in [0.15, 0.2) is 23.0 Å². The molecule has 0 aliphatic rings. The number of rotatable bonds is 16. The SMILES string of the molecule is COc1ccc(COc2ccc(C/C=C\C(OC(=O)c3ccccn3)c3ccc(OCc4ccc(OC)cc4)c(OC)c3)cc2OC)cc1. The summed E-state index contributed by atoms with van der Waals surface area (Å²) in [5.74, 6) is 3.33. The standard InChI is InChI=1S/C40H39NO8/c1-43-32-17-11-29(12-18-32)26-47-36-21-15-28(24-38(36)45-3)8-7-10-35(49-40(42)34-9-5-6-23-41-34)31-16-22-37(39(25-31)46-4)48-27-30-13-19-33(44-2)20-14-30/h5-7,9-25,35H,8,26-27H2,1-4H3/b10-7-. The minimum Gasteiger partial charge on any atom is -0.497 e. The molecule has 9 nitrogen and oxygen atoms in total. The van der Waals surface area contributed by atoms with Gasteiger partial charge < -0.3 is 33.2 Å². The largest absolute Gasteiger partial charge is 0.497 e. The fraction of sp³-hybridized carbons (Fsp3) is 0.200. The Bertz CT molecular complexity index is 1820. The number of hydrogen-bond donors (Lipinski definition) is 0. The van der Waals surface area contributed by atoms with E-state index in [9.17, 15) is 4.79 Å². The number of carbonyl (C=O) groups is 1. The lowest BCUT2D eigenvalue weighted by atomic mass is 10.1. The van der Waals surface area contributed by atoms with Gasteiger partial charge in [-0.1, -0.05) is 48.5 Å². The van der Waals surface area contributed by atoms with Crippen LogP contribution in [0.5, 0.6) is 34.5 Å². The average Bonchev–Trinajstić information content (AvgIpc) is 3.16. The number of carbonyl (C=O) groups excluding carboxylic acids is 1. The van der Waals surface area contributed by atoms with E-state index < -0.39 is 12.1 Å². The maximum absolute atomic E-state index is 13.1. The van der Waals surface area contributed by atoms with Crippen LogP contribution in [-0.4, -0.2) is 39.4 Å². The second-order valence-electron chi connectivity index (χ2n) is 10.8. The third-order valence-corrected chi connectivity index (χ3v) is 7.62. The third kappa shape index (κ3) is 9.54. The van der Waals surface area contributed by atoms with E-state index >= 15 is 0 Å². The fourth-order valence-electron chi connectivity index (χ4n) is 4.91. The zero-order valence-corrected chi connectivity index (χ0v) is 28.0. The van der Waals surface area contributed by atoms with Gasteiger partial charge in [-0.15, -0.1) is 0 Å². The second kappa shape index (κ2) is 17.3. The third-order valence-electron chi connectivity index (χ3n) is 7.62.